The Hall–Kier alpha value is -2.74. The van der Waals surface area contributed by atoms with Gasteiger partial charge in [-0.05, 0) is 36.8 Å². The molecule has 1 fully saturated rings. The molecule has 1 aliphatic heterocycles. The fourth-order valence-corrected chi connectivity index (χ4v) is 4.47. The third-order valence-electron chi connectivity index (χ3n) is 5.48. The average Bonchev–Trinajstić information content (AvgIpc) is 3.31. The van der Waals surface area contributed by atoms with E-state index in [4.69, 9.17) is 9.47 Å². The second-order valence-electron chi connectivity index (χ2n) is 7.55. The van der Waals surface area contributed by atoms with Crippen LogP contribution < -0.4 is 10.1 Å². The zero-order valence-electron chi connectivity index (χ0n) is 17.8. The van der Waals surface area contributed by atoms with Crippen LogP contribution in [0, 0.1) is 6.92 Å². The van der Waals surface area contributed by atoms with Gasteiger partial charge in [-0.25, -0.2) is 4.98 Å². The number of aromatic nitrogens is 1. The number of methoxy groups -OCH3 is 1. The van der Waals surface area contributed by atoms with E-state index in [1.54, 1.807) is 7.11 Å². The first-order valence-electron chi connectivity index (χ1n) is 10.4. The van der Waals surface area contributed by atoms with Crippen LogP contribution in [0.25, 0.3) is 10.6 Å². The Kier molecular flexibility index (Phi) is 6.96. The van der Waals surface area contributed by atoms with Gasteiger partial charge in [0.25, 0.3) is 5.91 Å². The molecule has 1 atom stereocenters. The molecule has 0 bridgehead atoms. The van der Waals surface area contributed by atoms with Gasteiger partial charge >= 0.3 is 0 Å². The third-order valence-corrected chi connectivity index (χ3v) is 6.37. The zero-order chi connectivity index (χ0) is 21.6. The SMILES string of the molecule is COc1ccc(-c2nc(C(=O)NC[C@@H](c3ccc(C)cc3)N3CCOCC3)cs2)cc1. The minimum absolute atomic E-state index is 0.105. The van der Waals surface area contributed by atoms with E-state index >= 15 is 0 Å². The summed E-state index contributed by atoms with van der Waals surface area (Å²) in [6.07, 6.45) is 0. The molecular weight excluding hydrogens is 410 g/mol. The molecule has 2 heterocycles. The van der Waals surface area contributed by atoms with Gasteiger partial charge in [0.1, 0.15) is 16.5 Å². The lowest BCUT2D eigenvalue weighted by Crippen LogP contribution is -2.43. The molecule has 7 heteroatoms. The maximum Gasteiger partial charge on any atom is 0.270 e. The normalized spacial score (nSPS) is 15.4. The van der Waals surface area contributed by atoms with E-state index in [2.05, 4.69) is 46.4 Å². The Morgan fingerprint density at radius 1 is 1.16 bits per heavy atom. The molecule has 0 aliphatic carbocycles. The van der Waals surface area contributed by atoms with E-state index in [1.807, 2.05) is 29.6 Å². The lowest BCUT2D eigenvalue weighted by Gasteiger charge is -2.35. The number of hydrogen-bond acceptors (Lipinski definition) is 6. The van der Waals surface area contributed by atoms with E-state index in [1.165, 1.54) is 22.5 Å². The van der Waals surface area contributed by atoms with E-state index in [9.17, 15) is 4.79 Å². The minimum Gasteiger partial charge on any atom is -0.497 e. The second-order valence-corrected chi connectivity index (χ2v) is 8.41. The van der Waals surface area contributed by atoms with Gasteiger partial charge in [-0.3, -0.25) is 9.69 Å². The quantitative estimate of drug-likeness (QED) is 0.607. The summed E-state index contributed by atoms with van der Waals surface area (Å²) in [5.41, 5.74) is 3.84. The summed E-state index contributed by atoms with van der Waals surface area (Å²) in [5, 5.41) is 5.72. The van der Waals surface area contributed by atoms with E-state index in [0.717, 1.165) is 29.4 Å². The molecule has 0 radical (unpaired) electrons. The highest BCUT2D eigenvalue weighted by atomic mass is 32.1. The van der Waals surface area contributed by atoms with Crippen molar-refractivity contribution in [2.75, 3.05) is 40.0 Å². The van der Waals surface area contributed by atoms with Crippen molar-refractivity contribution in [3.63, 3.8) is 0 Å². The molecule has 1 saturated heterocycles. The van der Waals surface area contributed by atoms with Crippen LogP contribution in [-0.4, -0.2) is 55.7 Å². The standard InChI is InChI=1S/C24H27N3O3S/c1-17-3-5-18(6-4-17)22(27-11-13-30-14-12-27)15-25-23(28)21-16-31-24(26-21)19-7-9-20(29-2)10-8-19/h3-10,16,22H,11-15H2,1-2H3,(H,25,28)/t22-/m0/s1. The summed E-state index contributed by atoms with van der Waals surface area (Å²) in [7, 11) is 1.64. The lowest BCUT2D eigenvalue weighted by atomic mass is 10.0. The smallest absolute Gasteiger partial charge is 0.270 e. The van der Waals surface area contributed by atoms with Crippen LogP contribution in [0.3, 0.4) is 0 Å². The van der Waals surface area contributed by atoms with Crippen molar-refractivity contribution in [3.8, 4) is 16.3 Å². The number of nitrogens with zero attached hydrogens (tertiary/aromatic N) is 2. The number of morpholine rings is 1. The molecule has 1 amide bonds. The van der Waals surface area contributed by atoms with Gasteiger partial charge in [0, 0.05) is 30.6 Å². The fourth-order valence-electron chi connectivity index (χ4n) is 3.66. The number of rotatable bonds is 7. The van der Waals surface area contributed by atoms with E-state index < -0.39 is 0 Å². The van der Waals surface area contributed by atoms with Crippen LogP contribution >= 0.6 is 11.3 Å². The monoisotopic (exact) mass is 437 g/mol. The molecule has 1 N–H and O–H groups in total. The minimum atomic E-state index is -0.151. The molecule has 1 aromatic heterocycles. The molecule has 4 rings (SSSR count). The van der Waals surface area contributed by atoms with Gasteiger partial charge in [-0.2, -0.15) is 0 Å². The first-order valence-corrected chi connectivity index (χ1v) is 11.3. The number of ether oxygens (including phenoxy) is 2. The summed E-state index contributed by atoms with van der Waals surface area (Å²) in [6, 6.07) is 16.3. The molecule has 162 valence electrons. The summed E-state index contributed by atoms with van der Waals surface area (Å²) in [5.74, 6) is 0.643. The van der Waals surface area contributed by atoms with Crippen molar-refractivity contribution >= 4 is 17.2 Å². The summed E-state index contributed by atoms with van der Waals surface area (Å²) >= 11 is 1.47. The summed E-state index contributed by atoms with van der Waals surface area (Å²) in [4.78, 5) is 19.7. The Labute approximate surface area is 186 Å². The van der Waals surface area contributed by atoms with Crippen molar-refractivity contribution in [1.82, 2.24) is 15.2 Å². The zero-order valence-corrected chi connectivity index (χ0v) is 18.7. The fraction of sp³-hybridized carbons (Fsp3) is 0.333. The van der Waals surface area contributed by atoms with Gasteiger partial charge < -0.3 is 14.8 Å². The Bertz CT molecular complexity index is 996. The maximum absolute atomic E-state index is 12.8. The number of carbonyl (C=O) groups is 1. The average molecular weight is 438 g/mol. The number of hydrogen-bond donors (Lipinski definition) is 1. The molecule has 3 aromatic rings. The highest BCUT2D eigenvalue weighted by Gasteiger charge is 2.24. The van der Waals surface area contributed by atoms with E-state index in [0.29, 0.717) is 25.5 Å². The van der Waals surface area contributed by atoms with Crippen molar-refractivity contribution in [2.24, 2.45) is 0 Å². The molecular formula is C24H27N3O3S. The third kappa shape index (κ3) is 5.31. The maximum atomic E-state index is 12.8. The topological polar surface area (TPSA) is 63.7 Å². The number of thiazole rings is 1. The largest absolute Gasteiger partial charge is 0.497 e. The molecule has 31 heavy (non-hydrogen) atoms. The van der Waals surface area contributed by atoms with Gasteiger partial charge in [-0.1, -0.05) is 29.8 Å². The molecule has 2 aromatic carbocycles. The van der Waals surface area contributed by atoms with Crippen molar-refractivity contribution in [2.45, 2.75) is 13.0 Å². The highest BCUT2D eigenvalue weighted by Crippen LogP contribution is 2.26. The number of nitrogens with one attached hydrogen (secondary N) is 1. The predicted molar refractivity (Wildman–Crippen MR) is 123 cm³/mol. The van der Waals surface area contributed by atoms with Gasteiger partial charge in [0.05, 0.1) is 26.4 Å². The molecule has 1 aliphatic rings. The van der Waals surface area contributed by atoms with Gasteiger partial charge in [0.15, 0.2) is 0 Å². The van der Waals surface area contributed by atoms with Gasteiger partial charge in [0.2, 0.25) is 0 Å². The first-order chi connectivity index (χ1) is 15.1. The highest BCUT2D eigenvalue weighted by molar-refractivity contribution is 7.13. The lowest BCUT2D eigenvalue weighted by molar-refractivity contribution is 0.0162. The van der Waals surface area contributed by atoms with E-state index in [-0.39, 0.29) is 11.9 Å². The van der Waals surface area contributed by atoms with Gasteiger partial charge in [-0.15, -0.1) is 11.3 Å². The summed E-state index contributed by atoms with van der Waals surface area (Å²) < 4.78 is 10.7. The Balaban J connectivity index is 1.44. The van der Waals surface area contributed by atoms with Crippen LogP contribution in [0.15, 0.2) is 53.9 Å². The number of benzene rings is 2. The van der Waals surface area contributed by atoms with Crippen LogP contribution in [0.4, 0.5) is 0 Å². The Morgan fingerprint density at radius 2 is 1.87 bits per heavy atom. The van der Waals surface area contributed by atoms with Crippen molar-refractivity contribution in [1.29, 1.82) is 0 Å². The number of aryl methyl sites for hydroxylation is 1. The van der Waals surface area contributed by atoms with Crippen molar-refractivity contribution in [3.05, 3.63) is 70.7 Å². The van der Waals surface area contributed by atoms with Crippen molar-refractivity contribution < 1.29 is 14.3 Å². The first kappa shape index (κ1) is 21.5. The van der Waals surface area contributed by atoms with Crippen LogP contribution in [0.5, 0.6) is 5.75 Å². The second kappa shape index (κ2) is 10.0. The van der Waals surface area contributed by atoms with Crippen LogP contribution in [0.1, 0.15) is 27.7 Å². The molecule has 0 saturated carbocycles. The summed E-state index contributed by atoms with van der Waals surface area (Å²) in [6.45, 7) is 5.75. The molecule has 0 spiro atoms. The number of amides is 1. The van der Waals surface area contributed by atoms with Crippen LogP contribution in [-0.2, 0) is 4.74 Å². The Morgan fingerprint density at radius 3 is 2.55 bits per heavy atom. The molecule has 6 nitrogen and oxygen atoms in total. The predicted octanol–water partition coefficient (Wildman–Crippen LogP) is 3.93. The molecule has 0 unspecified atom stereocenters. The number of carbonyl (C=O) groups excluding carboxylic acids is 1. The van der Waals surface area contributed by atoms with Crippen LogP contribution in [0.2, 0.25) is 0 Å².